The summed E-state index contributed by atoms with van der Waals surface area (Å²) in [5, 5.41) is 6.78. The summed E-state index contributed by atoms with van der Waals surface area (Å²) < 4.78 is 5.53. The van der Waals surface area contributed by atoms with E-state index in [1.165, 1.54) is 12.8 Å². The number of benzene rings is 1. The fourth-order valence-corrected chi connectivity index (χ4v) is 4.03. The Hall–Kier alpha value is -1.55. The summed E-state index contributed by atoms with van der Waals surface area (Å²) in [7, 11) is 0. The monoisotopic (exact) mass is 316 g/mol. The summed E-state index contributed by atoms with van der Waals surface area (Å²) in [4.78, 5) is 12.4. The third-order valence-electron chi connectivity index (χ3n) is 5.09. The zero-order valence-electron chi connectivity index (χ0n) is 14.2. The summed E-state index contributed by atoms with van der Waals surface area (Å²) in [5.74, 6) is 1.57. The Kier molecular flexibility index (Phi) is 5.21. The van der Waals surface area contributed by atoms with Gasteiger partial charge < -0.3 is 15.4 Å². The molecule has 2 aliphatic rings. The smallest absolute Gasteiger partial charge is 0.220 e. The maximum absolute atomic E-state index is 12.4. The number of hydrogen-bond acceptors (Lipinski definition) is 3. The second kappa shape index (κ2) is 7.35. The second-order valence-corrected chi connectivity index (χ2v) is 6.97. The molecular weight excluding hydrogens is 288 g/mol. The first-order valence-corrected chi connectivity index (χ1v) is 8.92. The highest BCUT2D eigenvalue weighted by molar-refractivity contribution is 5.76. The lowest BCUT2D eigenvalue weighted by molar-refractivity contribution is -0.122. The van der Waals surface area contributed by atoms with Crippen LogP contribution in [0, 0.1) is 5.92 Å². The van der Waals surface area contributed by atoms with Gasteiger partial charge in [0.15, 0.2) is 0 Å². The fourth-order valence-electron chi connectivity index (χ4n) is 4.03. The van der Waals surface area contributed by atoms with Gasteiger partial charge in [-0.15, -0.1) is 0 Å². The molecule has 1 aromatic rings. The molecule has 23 heavy (non-hydrogen) atoms. The molecular formula is C19H28N2O2. The molecule has 0 radical (unpaired) electrons. The van der Waals surface area contributed by atoms with E-state index in [0.29, 0.717) is 31.0 Å². The number of hydrogen-bond donors (Lipinski definition) is 2. The van der Waals surface area contributed by atoms with Crippen LogP contribution in [0.25, 0.3) is 0 Å². The van der Waals surface area contributed by atoms with Crippen molar-refractivity contribution < 1.29 is 9.53 Å². The Bertz CT molecular complexity index is 534. The Labute approximate surface area is 139 Å². The summed E-state index contributed by atoms with van der Waals surface area (Å²) in [6.07, 6.45) is 5.52. The molecule has 2 heterocycles. The van der Waals surface area contributed by atoms with Crippen LogP contribution in [0.1, 0.15) is 57.6 Å². The van der Waals surface area contributed by atoms with Crippen molar-refractivity contribution >= 4 is 5.91 Å². The molecule has 4 nitrogen and oxygen atoms in total. The molecule has 126 valence electrons. The molecule has 2 saturated heterocycles. The Morgan fingerprint density at radius 2 is 2.09 bits per heavy atom. The van der Waals surface area contributed by atoms with E-state index in [-0.39, 0.29) is 11.9 Å². The molecule has 1 amide bonds. The molecule has 0 saturated carbocycles. The van der Waals surface area contributed by atoms with E-state index < -0.39 is 0 Å². The van der Waals surface area contributed by atoms with Crippen LogP contribution in [0.5, 0.6) is 5.75 Å². The van der Waals surface area contributed by atoms with Gasteiger partial charge >= 0.3 is 0 Å². The van der Waals surface area contributed by atoms with Crippen molar-refractivity contribution in [1.82, 2.24) is 10.6 Å². The first kappa shape index (κ1) is 16.3. The molecule has 0 aliphatic carbocycles. The van der Waals surface area contributed by atoms with E-state index in [4.69, 9.17) is 4.74 Å². The maximum atomic E-state index is 12.4. The lowest BCUT2D eigenvalue weighted by Crippen LogP contribution is -2.40. The lowest BCUT2D eigenvalue weighted by atomic mass is 9.89. The number of ether oxygens (including phenoxy) is 1. The number of carbonyl (C=O) groups excluding carboxylic acids is 1. The summed E-state index contributed by atoms with van der Waals surface area (Å²) in [6, 6.07) is 9.29. The zero-order valence-corrected chi connectivity index (χ0v) is 14.2. The molecule has 2 fully saturated rings. The van der Waals surface area contributed by atoms with E-state index >= 15 is 0 Å². The topological polar surface area (TPSA) is 50.4 Å². The molecule has 2 aliphatic heterocycles. The lowest BCUT2D eigenvalue weighted by Gasteiger charge is -2.29. The van der Waals surface area contributed by atoms with Gasteiger partial charge in [-0.1, -0.05) is 12.1 Å². The molecule has 0 spiro atoms. The van der Waals surface area contributed by atoms with Crippen LogP contribution in [-0.2, 0) is 4.79 Å². The quantitative estimate of drug-likeness (QED) is 0.847. The number of piperidine rings is 1. The van der Waals surface area contributed by atoms with Crippen LogP contribution in [0.3, 0.4) is 0 Å². The van der Waals surface area contributed by atoms with Gasteiger partial charge in [-0.05, 0) is 63.1 Å². The van der Waals surface area contributed by atoms with Crippen LogP contribution in [0.15, 0.2) is 24.3 Å². The molecule has 1 aromatic carbocycles. The second-order valence-electron chi connectivity index (χ2n) is 6.97. The van der Waals surface area contributed by atoms with Crippen LogP contribution < -0.4 is 15.4 Å². The third kappa shape index (κ3) is 4.25. The van der Waals surface area contributed by atoms with Crippen LogP contribution in [-0.4, -0.2) is 24.6 Å². The molecule has 3 atom stereocenters. The standard InChI is InChI=1S/C19H28N2O2/c1-3-23-18-6-4-5-15(12-18)13(2)20-19(22)11-14-9-16-7-8-17(10-14)21-16/h4-6,12-14,16-17,21H,3,7-11H2,1-2H3,(H,20,22). The molecule has 2 N–H and O–H groups in total. The normalized spacial score (nSPS) is 27.5. The fraction of sp³-hybridized carbons (Fsp3) is 0.632. The van der Waals surface area contributed by atoms with Gasteiger partial charge in [-0.3, -0.25) is 4.79 Å². The van der Waals surface area contributed by atoms with E-state index in [1.54, 1.807) is 0 Å². The van der Waals surface area contributed by atoms with Crippen LogP contribution >= 0.6 is 0 Å². The largest absolute Gasteiger partial charge is 0.494 e. The predicted molar refractivity (Wildman–Crippen MR) is 91.5 cm³/mol. The number of amides is 1. The van der Waals surface area contributed by atoms with Gasteiger partial charge in [-0.2, -0.15) is 0 Å². The highest BCUT2D eigenvalue weighted by atomic mass is 16.5. The van der Waals surface area contributed by atoms with Gasteiger partial charge in [0.1, 0.15) is 5.75 Å². The summed E-state index contributed by atoms with van der Waals surface area (Å²) in [5.41, 5.74) is 1.09. The Morgan fingerprint density at radius 1 is 1.35 bits per heavy atom. The molecule has 4 heteroatoms. The number of rotatable bonds is 6. The molecule has 0 aromatic heterocycles. The van der Waals surface area contributed by atoms with Crippen molar-refractivity contribution in [2.24, 2.45) is 5.92 Å². The number of carbonyl (C=O) groups is 1. The van der Waals surface area contributed by atoms with Gasteiger partial charge in [-0.25, -0.2) is 0 Å². The molecule has 3 unspecified atom stereocenters. The average molecular weight is 316 g/mol. The highest BCUT2D eigenvalue weighted by Gasteiger charge is 2.34. The van der Waals surface area contributed by atoms with Gasteiger partial charge in [0.25, 0.3) is 0 Å². The SMILES string of the molecule is CCOc1cccc(C(C)NC(=O)CC2CC3CCC(C2)N3)c1. The van der Waals surface area contributed by atoms with Crippen LogP contribution in [0.4, 0.5) is 0 Å². The maximum Gasteiger partial charge on any atom is 0.220 e. The van der Waals surface area contributed by atoms with Gasteiger partial charge in [0.05, 0.1) is 12.6 Å². The summed E-state index contributed by atoms with van der Waals surface area (Å²) in [6.45, 7) is 4.67. The first-order valence-electron chi connectivity index (χ1n) is 8.92. The van der Waals surface area contributed by atoms with Crippen molar-refractivity contribution in [3.63, 3.8) is 0 Å². The minimum absolute atomic E-state index is 0.0151. The van der Waals surface area contributed by atoms with Crippen molar-refractivity contribution in [1.29, 1.82) is 0 Å². The van der Waals surface area contributed by atoms with Crippen molar-refractivity contribution in [3.05, 3.63) is 29.8 Å². The Balaban J connectivity index is 1.52. The van der Waals surface area contributed by atoms with Gasteiger partial charge in [0, 0.05) is 18.5 Å². The summed E-state index contributed by atoms with van der Waals surface area (Å²) >= 11 is 0. The zero-order chi connectivity index (χ0) is 16.2. The molecule has 3 rings (SSSR count). The highest BCUT2D eigenvalue weighted by Crippen LogP contribution is 2.32. The number of nitrogens with one attached hydrogen (secondary N) is 2. The van der Waals surface area contributed by atoms with Gasteiger partial charge in [0.2, 0.25) is 5.91 Å². The van der Waals surface area contributed by atoms with Crippen molar-refractivity contribution in [2.45, 2.75) is 64.1 Å². The van der Waals surface area contributed by atoms with E-state index in [1.807, 2.05) is 38.1 Å². The van der Waals surface area contributed by atoms with Crippen LogP contribution in [0.2, 0.25) is 0 Å². The minimum atomic E-state index is 0.0151. The van der Waals surface area contributed by atoms with E-state index in [0.717, 1.165) is 24.2 Å². The van der Waals surface area contributed by atoms with E-state index in [9.17, 15) is 4.79 Å². The van der Waals surface area contributed by atoms with Crippen molar-refractivity contribution in [3.8, 4) is 5.75 Å². The molecule has 2 bridgehead atoms. The first-order chi connectivity index (χ1) is 11.1. The van der Waals surface area contributed by atoms with Crippen molar-refractivity contribution in [2.75, 3.05) is 6.61 Å². The number of fused-ring (bicyclic) bond motifs is 2. The third-order valence-corrected chi connectivity index (χ3v) is 5.09. The Morgan fingerprint density at radius 3 is 2.78 bits per heavy atom. The minimum Gasteiger partial charge on any atom is -0.494 e. The predicted octanol–water partition coefficient (Wildman–Crippen LogP) is 3.18. The average Bonchev–Trinajstić information content (AvgIpc) is 2.86. The van der Waals surface area contributed by atoms with E-state index in [2.05, 4.69) is 10.6 Å².